The summed E-state index contributed by atoms with van der Waals surface area (Å²) >= 11 is 0.783. The minimum Gasteiger partial charge on any atom is -0.477 e. The van der Waals surface area contributed by atoms with Gasteiger partial charge in [0.25, 0.3) is 10.0 Å². The standard InChI is InChI=1S/C15H13N5O7S2/c1-26-14-17-12(18-15(19-14)27-2)16-13(23)20-29(24,25)10-7-5-3-4-6-8(7)28-9(10)11(21)22/h3-6H,1-2H3,(H,21,22)(H2,16,17,18,19,20,23). The smallest absolute Gasteiger partial charge is 0.347 e. The lowest BCUT2D eigenvalue weighted by atomic mass is 10.2. The van der Waals surface area contributed by atoms with Gasteiger partial charge in [0.2, 0.25) is 5.95 Å². The molecule has 12 nitrogen and oxygen atoms in total. The highest BCUT2D eigenvalue weighted by atomic mass is 32.2. The predicted molar refractivity (Wildman–Crippen MR) is 101 cm³/mol. The number of fused-ring (bicyclic) bond motifs is 1. The highest BCUT2D eigenvalue weighted by Gasteiger charge is 2.30. The molecule has 0 spiro atoms. The fourth-order valence-electron chi connectivity index (χ4n) is 2.31. The Morgan fingerprint density at radius 2 is 1.69 bits per heavy atom. The van der Waals surface area contributed by atoms with Crippen LogP contribution >= 0.6 is 11.3 Å². The van der Waals surface area contributed by atoms with Crippen LogP contribution < -0.4 is 19.5 Å². The van der Waals surface area contributed by atoms with Gasteiger partial charge in [-0.15, -0.1) is 16.3 Å². The summed E-state index contributed by atoms with van der Waals surface area (Å²) in [5.74, 6) is -1.77. The van der Waals surface area contributed by atoms with Crippen LogP contribution in [0.25, 0.3) is 10.1 Å². The van der Waals surface area contributed by atoms with Crippen LogP contribution in [0, 0.1) is 0 Å². The highest BCUT2D eigenvalue weighted by molar-refractivity contribution is 7.90. The molecule has 152 valence electrons. The van der Waals surface area contributed by atoms with E-state index in [1.807, 2.05) is 0 Å². The molecule has 0 radical (unpaired) electrons. The summed E-state index contributed by atoms with van der Waals surface area (Å²) in [6, 6.07) is 4.67. The number of aromatic carboxylic acids is 1. The van der Waals surface area contributed by atoms with Gasteiger partial charge in [0, 0.05) is 10.1 Å². The van der Waals surface area contributed by atoms with Crippen LogP contribution in [-0.4, -0.2) is 54.7 Å². The van der Waals surface area contributed by atoms with Gasteiger partial charge in [0.05, 0.1) is 14.2 Å². The number of nitrogens with one attached hydrogen (secondary N) is 2. The molecule has 2 aromatic heterocycles. The van der Waals surface area contributed by atoms with Gasteiger partial charge in [-0.05, 0) is 6.07 Å². The molecule has 1 aromatic carbocycles. The maximum absolute atomic E-state index is 12.7. The molecule has 2 heterocycles. The molecule has 3 N–H and O–H groups in total. The molecule has 14 heteroatoms. The Balaban J connectivity index is 1.92. The quantitative estimate of drug-likeness (QED) is 0.509. The third-order valence-electron chi connectivity index (χ3n) is 3.42. The van der Waals surface area contributed by atoms with Crippen molar-refractivity contribution in [1.29, 1.82) is 0 Å². The van der Waals surface area contributed by atoms with E-state index in [0.29, 0.717) is 4.70 Å². The van der Waals surface area contributed by atoms with Crippen molar-refractivity contribution in [1.82, 2.24) is 19.7 Å². The van der Waals surface area contributed by atoms with E-state index in [2.05, 4.69) is 20.3 Å². The molecule has 0 aliphatic heterocycles. The number of sulfonamides is 1. The number of nitrogens with zero attached hydrogens (tertiary/aromatic N) is 3. The minimum absolute atomic E-state index is 0.174. The Labute approximate surface area is 167 Å². The number of anilines is 1. The van der Waals surface area contributed by atoms with E-state index in [4.69, 9.17) is 9.47 Å². The first kappa shape index (κ1) is 20.2. The predicted octanol–water partition coefficient (Wildman–Crippen LogP) is 1.31. The number of carboxylic acid groups (broad SMARTS) is 1. The number of methoxy groups -OCH3 is 2. The third kappa shape index (κ3) is 4.17. The molecule has 0 saturated heterocycles. The first-order chi connectivity index (χ1) is 13.7. The van der Waals surface area contributed by atoms with Crippen molar-refractivity contribution in [2.45, 2.75) is 4.90 Å². The number of aromatic nitrogens is 3. The Bertz CT molecular complexity index is 1190. The number of carbonyl (C=O) groups is 2. The van der Waals surface area contributed by atoms with E-state index >= 15 is 0 Å². The lowest BCUT2D eigenvalue weighted by molar-refractivity contribution is 0.0698. The van der Waals surface area contributed by atoms with E-state index in [9.17, 15) is 23.1 Å². The lowest BCUT2D eigenvalue weighted by Gasteiger charge is -2.09. The molecule has 3 aromatic rings. The number of hydrogen-bond donors (Lipinski definition) is 3. The summed E-state index contributed by atoms with van der Waals surface area (Å²) in [6.07, 6.45) is 0. The number of amides is 2. The molecule has 0 aliphatic rings. The third-order valence-corrected chi connectivity index (χ3v) is 6.13. The number of urea groups is 1. The second-order valence-electron chi connectivity index (χ2n) is 5.25. The normalized spacial score (nSPS) is 11.1. The van der Waals surface area contributed by atoms with E-state index in [0.717, 1.165) is 11.3 Å². The van der Waals surface area contributed by atoms with Crippen LogP contribution in [0.3, 0.4) is 0 Å². The fraction of sp³-hybridized carbons (Fsp3) is 0.133. The first-order valence-electron chi connectivity index (χ1n) is 7.68. The Hall–Kier alpha value is -3.52. The van der Waals surface area contributed by atoms with E-state index in [-0.39, 0.29) is 23.4 Å². The summed E-state index contributed by atoms with van der Waals surface area (Å²) in [6.45, 7) is 0. The molecule has 29 heavy (non-hydrogen) atoms. The molecular formula is C15H13N5O7S2. The van der Waals surface area contributed by atoms with Gasteiger partial charge in [-0.1, -0.05) is 18.2 Å². The number of carbonyl (C=O) groups excluding carboxylic acids is 1. The molecule has 0 saturated carbocycles. The summed E-state index contributed by atoms with van der Waals surface area (Å²) < 4.78 is 37.4. The zero-order valence-corrected chi connectivity index (χ0v) is 16.5. The zero-order valence-electron chi connectivity index (χ0n) is 14.9. The summed E-state index contributed by atoms with van der Waals surface area (Å²) in [5, 5.41) is 11.7. The molecule has 0 bridgehead atoms. The Morgan fingerprint density at radius 1 is 1.07 bits per heavy atom. The summed E-state index contributed by atoms with van der Waals surface area (Å²) in [5.41, 5.74) is 0. The average molecular weight is 439 g/mol. The average Bonchev–Trinajstić information content (AvgIpc) is 3.08. The number of ether oxygens (including phenoxy) is 2. The van der Waals surface area contributed by atoms with Crippen LogP contribution in [0.5, 0.6) is 12.0 Å². The van der Waals surface area contributed by atoms with E-state index in [1.54, 1.807) is 22.9 Å². The molecule has 0 unspecified atom stereocenters. The van der Waals surface area contributed by atoms with Crippen molar-refractivity contribution in [3.05, 3.63) is 29.1 Å². The SMILES string of the molecule is COc1nc(NC(=O)NS(=O)(=O)c2c(C(=O)O)sc3ccccc23)nc(OC)n1. The van der Waals surface area contributed by atoms with Crippen molar-refractivity contribution >= 4 is 49.4 Å². The number of carboxylic acids is 1. The Kier molecular flexibility index (Phi) is 5.47. The van der Waals surface area contributed by atoms with Gasteiger partial charge in [-0.3, -0.25) is 5.32 Å². The lowest BCUT2D eigenvalue weighted by Crippen LogP contribution is -2.35. The largest absolute Gasteiger partial charge is 0.477 e. The molecule has 0 aliphatic carbocycles. The Morgan fingerprint density at radius 3 is 2.28 bits per heavy atom. The van der Waals surface area contributed by atoms with Gasteiger partial charge in [-0.25, -0.2) is 22.7 Å². The van der Waals surface area contributed by atoms with Gasteiger partial charge in [0.1, 0.15) is 9.77 Å². The molecule has 3 rings (SSSR count). The van der Waals surface area contributed by atoms with Gasteiger partial charge in [0.15, 0.2) is 0 Å². The van der Waals surface area contributed by atoms with Crippen LogP contribution in [0.2, 0.25) is 0 Å². The van der Waals surface area contributed by atoms with Crippen molar-refractivity contribution in [3.8, 4) is 12.0 Å². The molecule has 2 amide bonds. The van der Waals surface area contributed by atoms with Crippen molar-refractivity contribution in [3.63, 3.8) is 0 Å². The van der Waals surface area contributed by atoms with Gasteiger partial charge in [-0.2, -0.15) is 9.97 Å². The van der Waals surface area contributed by atoms with Crippen LogP contribution in [-0.2, 0) is 10.0 Å². The number of thiophene rings is 1. The zero-order chi connectivity index (χ0) is 21.2. The van der Waals surface area contributed by atoms with E-state index < -0.39 is 31.8 Å². The van der Waals surface area contributed by atoms with Crippen molar-refractivity contribution in [2.75, 3.05) is 19.5 Å². The topological polar surface area (TPSA) is 170 Å². The van der Waals surface area contributed by atoms with Crippen molar-refractivity contribution in [2.24, 2.45) is 0 Å². The number of benzene rings is 1. The van der Waals surface area contributed by atoms with Crippen LogP contribution in [0.4, 0.5) is 10.7 Å². The number of rotatable bonds is 6. The molecule has 0 atom stereocenters. The summed E-state index contributed by atoms with van der Waals surface area (Å²) in [4.78, 5) is 34.0. The van der Waals surface area contributed by atoms with Crippen LogP contribution in [0.1, 0.15) is 9.67 Å². The minimum atomic E-state index is -4.54. The number of hydrogen-bond acceptors (Lipinski definition) is 10. The second kappa shape index (κ2) is 7.84. The van der Waals surface area contributed by atoms with Crippen LogP contribution in [0.15, 0.2) is 29.2 Å². The molecule has 0 fully saturated rings. The van der Waals surface area contributed by atoms with Gasteiger partial charge >= 0.3 is 24.0 Å². The summed E-state index contributed by atoms with van der Waals surface area (Å²) in [7, 11) is -1.98. The highest BCUT2D eigenvalue weighted by Crippen LogP contribution is 2.34. The fourth-order valence-corrected chi connectivity index (χ4v) is 4.96. The monoisotopic (exact) mass is 439 g/mol. The van der Waals surface area contributed by atoms with E-state index in [1.165, 1.54) is 20.3 Å². The maximum Gasteiger partial charge on any atom is 0.347 e. The maximum atomic E-state index is 12.7. The van der Waals surface area contributed by atoms with Gasteiger partial charge < -0.3 is 14.6 Å². The molecular weight excluding hydrogens is 426 g/mol. The first-order valence-corrected chi connectivity index (χ1v) is 9.98. The van der Waals surface area contributed by atoms with Crippen molar-refractivity contribution < 1.29 is 32.6 Å². The second-order valence-corrected chi connectivity index (χ2v) is 7.93.